The summed E-state index contributed by atoms with van der Waals surface area (Å²) < 4.78 is -0.0785. The minimum absolute atomic E-state index is 0.0785. The maximum atomic E-state index is 2.58. The zero-order chi connectivity index (χ0) is 4.62. The lowest BCUT2D eigenvalue weighted by Crippen LogP contribution is -1.99. The van der Waals surface area contributed by atoms with E-state index < -0.39 is 0 Å². The molecule has 0 saturated carbocycles. The molecule has 0 aromatic rings. The Morgan fingerprint density at radius 3 is 1.67 bits per heavy atom. The predicted octanol–water partition coefficient (Wildman–Crippen LogP) is 3.15. The molecule has 0 unspecified atom stereocenters. The molecule has 1 saturated heterocycles. The highest BCUT2D eigenvalue weighted by Crippen LogP contribution is 2.74. The summed E-state index contributed by atoms with van der Waals surface area (Å²) in [7, 11) is 0. The third-order valence-corrected chi connectivity index (χ3v) is 13.8. The molecule has 0 N–H and O–H groups in total. The van der Waals surface area contributed by atoms with Crippen molar-refractivity contribution in [2.24, 2.45) is 0 Å². The van der Waals surface area contributed by atoms with Crippen molar-refractivity contribution in [2.45, 2.75) is 0 Å². The highest BCUT2D eigenvalue weighted by molar-refractivity contribution is 14.3. The molecule has 0 aromatic carbocycles. The molecule has 1 aliphatic heterocycles. The lowest BCUT2D eigenvalue weighted by molar-refractivity contribution is 2.02. The Hall–Kier alpha value is 2.16. The van der Waals surface area contributed by atoms with Gasteiger partial charge in [-0.15, -0.1) is 16.1 Å². The van der Waals surface area contributed by atoms with E-state index in [1.54, 1.807) is 0 Å². The molecule has 6 heavy (non-hydrogen) atoms. The molecule has 0 bridgehead atoms. The Morgan fingerprint density at radius 2 is 1.67 bits per heavy atom. The van der Waals surface area contributed by atoms with E-state index in [1.807, 2.05) is 0 Å². The van der Waals surface area contributed by atoms with Gasteiger partial charge in [0.05, 0.1) is 0 Å². The van der Waals surface area contributed by atoms with Crippen LogP contribution in [0.1, 0.15) is 0 Å². The summed E-state index contributed by atoms with van der Waals surface area (Å²) in [6.45, 7) is 0. The maximum absolute atomic E-state index is 2.58. The summed E-state index contributed by atoms with van der Waals surface area (Å²) >= 11 is 7.22. The van der Waals surface area contributed by atoms with Crippen LogP contribution < -0.4 is 0 Å². The van der Waals surface area contributed by atoms with Gasteiger partial charge < -0.3 is 0 Å². The molecule has 1 heterocycles. The third-order valence-electron chi connectivity index (χ3n) is 0.512. The second-order valence-electron chi connectivity index (χ2n) is 1.14. The zero-order valence-electron chi connectivity index (χ0n) is 2.99. The number of thioether (sulfide) groups is 1. The smallest absolute Gasteiger partial charge is 0.0417 e. The number of hydrogen-bond acceptors (Lipinski definition) is 1. The van der Waals surface area contributed by atoms with E-state index in [0.717, 1.165) is 0 Å². The fourth-order valence-electron chi connectivity index (χ4n) is 0.209. The second kappa shape index (κ2) is 2.18. The average Bonchev–Trinajstić information content (AvgIpc) is 1.32. The van der Waals surface area contributed by atoms with Crippen molar-refractivity contribution in [1.29, 1.82) is 0 Å². The fourth-order valence-corrected chi connectivity index (χ4v) is 8.36. The first-order valence-electron chi connectivity index (χ1n) is 1.46. The molecule has 1 fully saturated rings. The van der Waals surface area contributed by atoms with Gasteiger partial charge in [0.1, 0.15) is 0 Å². The van der Waals surface area contributed by atoms with Crippen molar-refractivity contribution in [1.82, 2.24) is 0 Å². The Balaban J connectivity index is 2.31. The van der Waals surface area contributed by atoms with Crippen LogP contribution in [-0.4, -0.2) is 10.2 Å². The zero-order valence-corrected chi connectivity index (χ0v) is 8.93. The van der Waals surface area contributed by atoms with Crippen LogP contribution in [0.25, 0.3) is 0 Å². The number of hydrogen-bond donors (Lipinski definition) is 0. The van der Waals surface area contributed by atoms with Crippen LogP contribution in [0.15, 0.2) is 0 Å². The largest absolute Gasteiger partial charge is 0.140 e. The highest BCUT2D eigenvalue weighted by Gasteiger charge is 2.24. The Kier molecular flexibility index (Phi) is 2.28. The van der Waals surface area contributed by atoms with Crippen LogP contribution in [0.3, 0.4) is 0 Å². The molecule has 0 spiro atoms. The van der Waals surface area contributed by atoms with Crippen LogP contribution in [0, 0.1) is 0 Å². The lowest BCUT2D eigenvalue weighted by atomic mass is 11.8. The molecule has 4 heteroatoms. The molecule has 38 valence electrons. The van der Waals surface area contributed by atoms with E-state index in [2.05, 4.69) is 54.2 Å². The van der Waals surface area contributed by atoms with Crippen LogP contribution >= 0.6 is 58.5 Å². The van der Waals surface area contributed by atoms with Gasteiger partial charge in [0.25, 0.3) is 0 Å². The molecule has 0 radical (unpaired) electrons. The van der Waals surface area contributed by atoms with E-state index in [-0.39, 0.29) is 4.37 Å². The minimum Gasteiger partial charge on any atom is -0.140 e. The predicted molar refractivity (Wildman–Crippen MR) is 53.0 cm³/mol. The Bertz CT molecular complexity index is 56.6. The van der Waals surface area contributed by atoms with Gasteiger partial charge in [0.2, 0.25) is 0 Å². The molecular weight excluding hydrogens is 342 g/mol. The maximum Gasteiger partial charge on any atom is 0.0417 e. The van der Waals surface area contributed by atoms with E-state index >= 15 is 0 Å². The summed E-state index contributed by atoms with van der Waals surface area (Å²) in [6.07, 6.45) is 0. The van der Waals surface area contributed by atoms with Gasteiger partial charge in [0, 0.05) is 10.2 Å². The van der Waals surface area contributed by atoms with Crippen molar-refractivity contribution in [2.75, 3.05) is 10.2 Å². The summed E-state index contributed by atoms with van der Waals surface area (Å²) in [5.41, 5.74) is 0. The molecule has 0 nitrogen and oxygen atoms in total. The average molecular weight is 346 g/mol. The first-order valence-corrected chi connectivity index (χ1v) is 9.67. The molecule has 0 aromatic heterocycles. The molecule has 0 aliphatic carbocycles. The SMILES string of the molecule is IS1(I)CSC1. The van der Waals surface area contributed by atoms with Gasteiger partial charge >= 0.3 is 0 Å². The van der Waals surface area contributed by atoms with Gasteiger partial charge in [-0.3, -0.25) is 0 Å². The van der Waals surface area contributed by atoms with E-state index in [4.69, 9.17) is 0 Å². The molecule has 0 atom stereocenters. The molecular formula is C2H4I2S2. The van der Waals surface area contributed by atoms with E-state index in [1.165, 1.54) is 10.2 Å². The third kappa shape index (κ3) is 1.59. The highest BCUT2D eigenvalue weighted by atomic mass is 127. The van der Waals surface area contributed by atoms with Gasteiger partial charge in [-0.1, -0.05) is 0 Å². The van der Waals surface area contributed by atoms with E-state index in [0.29, 0.717) is 0 Å². The van der Waals surface area contributed by atoms with Crippen molar-refractivity contribution in [3.05, 3.63) is 0 Å². The molecule has 1 rings (SSSR count). The Morgan fingerprint density at radius 1 is 1.33 bits per heavy atom. The normalized spacial score (nSPS) is 34.3. The van der Waals surface area contributed by atoms with Crippen LogP contribution in [0.5, 0.6) is 0 Å². The second-order valence-corrected chi connectivity index (χ2v) is 20.0. The van der Waals surface area contributed by atoms with Crippen molar-refractivity contribution in [3.8, 4) is 0 Å². The minimum atomic E-state index is -0.0785. The summed E-state index contributed by atoms with van der Waals surface area (Å²) in [5, 5.41) is 2.85. The van der Waals surface area contributed by atoms with Crippen molar-refractivity contribution < 1.29 is 0 Å². The van der Waals surface area contributed by atoms with Crippen molar-refractivity contribution in [3.63, 3.8) is 0 Å². The van der Waals surface area contributed by atoms with Gasteiger partial charge in [-0.25, -0.2) is 0 Å². The van der Waals surface area contributed by atoms with Gasteiger partial charge in [-0.2, -0.15) is 0 Å². The monoisotopic (exact) mass is 346 g/mol. The Labute approximate surface area is 67.7 Å². The first kappa shape index (κ1) is 6.28. The summed E-state index contributed by atoms with van der Waals surface area (Å²) in [4.78, 5) is 0. The molecule has 0 amide bonds. The van der Waals surface area contributed by atoms with Crippen molar-refractivity contribution >= 4 is 58.5 Å². The van der Waals surface area contributed by atoms with Gasteiger partial charge in [0.15, 0.2) is 0 Å². The van der Waals surface area contributed by atoms with Crippen LogP contribution in [-0.2, 0) is 0 Å². The number of rotatable bonds is 0. The number of halogens is 2. The molecule has 1 aliphatic rings. The lowest BCUT2D eigenvalue weighted by Gasteiger charge is -2.34. The van der Waals surface area contributed by atoms with Crippen LogP contribution in [0.4, 0.5) is 0 Å². The van der Waals surface area contributed by atoms with Gasteiger partial charge in [-0.05, 0) is 42.4 Å². The quantitative estimate of drug-likeness (QED) is 0.608. The van der Waals surface area contributed by atoms with Crippen LogP contribution in [0.2, 0.25) is 0 Å². The standard InChI is InChI=1S/C2H4I2S2/c3-6(4)1-5-2-6/h1-2H2. The first-order chi connectivity index (χ1) is 2.71. The topological polar surface area (TPSA) is 0 Å². The van der Waals surface area contributed by atoms with E-state index in [9.17, 15) is 0 Å². The summed E-state index contributed by atoms with van der Waals surface area (Å²) in [6, 6.07) is 0. The summed E-state index contributed by atoms with van der Waals surface area (Å²) in [5.74, 6) is 0. The fraction of sp³-hybridized carbons (Fsp3) is 1.00.